The predicted octanol–water partition coefficient (Wildman–Crippen LogP) is 2.70. The third-order valence-electron chi connectivity index (χ3n) is 5.39. The van der Waals surface area contributed by atoms with Gasteiger partial charge in [-0.2, -0.15) is 0 Å². The van der Waals surface area contributed by atoms with Crippen molar-refractivity contribution in [2.24, 2.45) is 0 Å². The number of rotatable bonds is 5. The maximum absolute atomic E-state index is 4.87. The Balaban J connectivity index is 1.45. The zero-order valence-corrected chi connectivity index (χ0v) is 17.0. The Kier molecular flexibility index (Phi) is 4.70. The molecule has 1 aliphatic heterocycles. The minimum Gasteiger partial charge on any atom is -0.364 e. The Morgan fingerprint density at radius 1 is 1.10 bits per heavy atom. The molecular formula is C21H23N9. The Bertz CT molecular complexity index is 1150. The van der Waals surface area contributed by atoms with E-state index in [9.17, 15) is 0 Å². The average Bonchev–Trinajstić information content (AvgIpc) is 3.40. The van der Waals surface area contributed by atoms with Crippen LogP contribution in [0.1, 0.15) is 19.2 Å². The zero-order valence-electron chi connectivity index (χ0n) is 17.0. The first-order valence-corrected chi connectivity index (χ1v) is 10.2. The molecular weight excluding hydrogens is 378 g/mol. The van der Waals surface area contributed by atoms with Crippen LogP contribution in [0.25, 0.3) is 22.6 Å². The van der Waals surface area contributed by atoms with Crippen LogP contribution in [0.3, 0.4) is 0 Å². The van der Waals surface area contributed by atoms with E-state index in [2.05, 4.69) is 46.6 Å². The number of aryl methyl sites for hydroxylation is 2. The van der Waals surface area contributed by atoms with Crippen LogP contribution >= 0.6 is 0 Å². The van der Waals surface area contributed by atoms with Crippen molar-refractivity contribution in [1.82, 2.24) is 34.5 Å². The molecule has 1 fully saturated rings. The molecule has 9 nitrogen and oxygen atoms in total. The summed E-state index contributed by atoms with van der Waals surface area (Å²) in [5, 5.41) is 3.58. The standard InChI is InChI=1S/C21H23N9/c1-3-30-20(15-10-23-14(2)24-11-15)28-18-19(25-13-26-21(18)30)27-16-7-9-29(12-16)17-6-4-5-8-22-17/h4-6,8,10-11,13,16H,3,7,9,12H2,1-2H3,(H,25,26,27)/t16-/m0/s1. The van der Waals surface area contributed by atoms with Crippen LogP contribution in [0.15, 0.2) is 43.1 Å². The topological polar surface area (TPSA) is 97.5 Å². The number of aromatic nitrogens is 7. The highest BCUT2D eigenvalue weighted by molar-refractivity contribution is 5.86. The summed E-state index contributed by atoms with van der Waals surface area (Å²) in [6.07, 6.45) is 8.04. The number of hydrogen-bond acceptors (Lipinski definition) is 8. The van der Waals surface area contributed by atoms with Gasteiger partial charge in [-0.15, -0.1) is 0 Å². The first-order valence-electron chi connectivity index (χ1n) is 10.2. The molecule has 4 aromatic heterocycles. The van der Waals surface area contributed by atoms with Gasteiger partial charge in [-0.25, -0.2) is 29.9 Å². The third-order valence-corrected chi connectivity index (χ3v) is 5.39. The van der Waals surface area contributed by atoms with Crippen molar-refractivity contribution in [3.63, 3.8) is 0 Å². The number of pyridine rings is 1. The summed E-state index contributed by atoms with van der Waals surface area (Å²) in [6, 6.07) is 6.27. The lowest BCUT2D eigenvalue weighted by molar-refractivity contribution is 0.783. The fourth-order valence-electron chi connectivity index (χ4n) is 3.89. The van der Waals surface area contributed by atoms with E-state index in [1.807, 2.05) is 31.3 Å². The zero-order chi connectivity index (χ0) is 20.5. The Morgan fingerprint density at radius 3 is 2.73 bits per heavy atom. The Morgan fingerprint density at radius 2 is 1.97 bits per heavy atom. The lowest BCUT2D eigenvalue weighted by Crippen LogP contribution is -2.27. The summed E-state index contributed by atoms with van der Waals surface area (Å²) in [4.78, 5) is 29.3. The average molecular weight is 401 g/mol. The molecule has 0 saturated carbocycles. The normalized spacial score (nSPS) is 16.3. The van der Waals surface area contributed by atoms with E-state index in [0.29, 0.717) is 0 Å². The molecule has 0 aromatic carbocycles. The van der Waals surface area contributed by atoms with Crippen molar-refractivity contribution in [2.45, 2.75) is 32.9 Å². The van der Waals surface area contributed by atoms with Crippen molar-refractivity contribution in [3.05, 3.63) is 48.9 Å². The van der Waals surface area contributed by atoms with Crippen molar-refractivity contribution in [2.75, 3.05) is 23.3 Å². The van der Waals surface area contributed by atoms with Crippen LogP contribution in [0.2, 0.25) is 0 Å². The monoisotopic (exact) mass is 401 g/mol. The highest BCUT2D eigenvalue weighted by atomic mass is 15.2. The van der Waals surface area contributed by atoms with Gasteiger partial charge >= 0.3 is 0 Å². The van der Waals surface area contributed by atoms with Gasteiger partial charge < -0.3 is 14.8 Å². The molecule has 5 heterocycles. The van der Waals surface area contributed by atoms with Gasteiger partial charge in [0.2, 0.25) is 0 Å². The lowest BCUT2D eigenvalue weighted by atomic mass is 10.2. The summed E-state index contributed by atoms with van der Waals surface area (Å²) in [5.74, 6) is 3.30. The summed E-state index contributed by atoms with van der Waals surface area (Å²) in [6.45, 7) is 6.52. The lowest BCUT2D eigenvalue weighted by Gasteiger charge is -2.18. The summed E-state index contributed by atoms with van der Waals surface area (Å²) < 4.78 is 2.07. The van der Waals surface area contributed by atoms with Gasteiger partial charge in [0, 0.05) is 44.3 Å². The first kappa shape index (κ1) is 18.4. The molecule has 9 heteroatoms. The van der Waals surface area contributed by atoms with E-state index in [1.54, 1.807) is 18.7 Å². The van der Waals surface area contributed by atoms with Gasteiger partial charge in [-0.3, -0.25) is 0 Å². The highest BCUT2D eigenvalue weighted by Crippen LogP contribution is 2.28. The van der Waals surface area contributed by atoms with Crippen molar-refractivity contribution < 1.29 is 0 Å². The van der Waals surface area contributed by atoms with Crippen LogP contribution in [0.5, 0.6) is 0 Å². The van der Waals surface area contributed by atoms with E-state index in [4.69, 9.17) is 4.98 Å². The number of hydrogen-bond donors (Lipinski definition) is 1. The molecule has 1 saturated heterocycles. The quantitative estimate of drug-likeness (QED) is 0.545. The molecule has 1 N–H and O–H groups in total. The Labute approximate surface area is 174 Å². The van der Waals surface area contributed by atoms with E-state index in [-0.39, 0.29) is 6.04 Å². The largest absolute Gasteiger partial charge is 0.364 e. The molecule has 0 unspecified atom stereocenters. The van der Waals surface area contributed by atoms with Crippen LogP contribution in [0, 0.1) is 6.92 Å². The Hall–Kier alpha value is -3.62. The number of imidazole rings is 1. The molecule has 0 bridgehead atoms. The number of nitrogens with one attached hydrogen (secondary N) is 1. The molecule has 152 valence electrons. The third kappa shape index (κ3) is 3.32. The maximum Gasteiger partial charge on any atom is 0.165 e. The van der Waals surface area contributed by atoms with Crippen molar-refractivity contribution >= 4 is 22.8 Å². The number of fused-ring (bicyclic) bond motifs is 1. The smallest absolute Gasteiger partial charge is 0.165 e. The van der Waals surface area contributed by atoms with E-state index < -0.39 is 0 Å². The summed E-state index contributed by atoms with van der Waals surface area (Å²) >= 11 is 0. The molecule has 0 spiro atoms. The van der Waals surface area contributed by atoms with E-state index >= 15 is 0 Å². The van der Waals surface area contributed by atoms with Crippen LogP contribution in [-0.4, -0.2) is 53.6 Å². The highest BCUT2D eigenvalue weighted by Gasteiger charge is 2.25. The predicted molar refractivity (Wildman–Crippen MR) is 115 cm³/mol. The van der Waals surface area contributed by atoms with Crippen molar-refractivity contribution in [3.8, 4) is 11.4 Å². The summed E-state index contributed by atoms with van der Waals surface area (Å²) in [5.41, 5.74) is 2.45. The van der Waals surface area contributed by atoms with Gasteiger partial charge in [0.1, 0.15) is 23.8 Å². The molecule has 4 aromatic rings. The second-order valence-corrected chi connectivity index (χ2v) is 7.36. The molecule has 0 radical (unpaired) electrons. The fourth-order valence-corrected chi connectivity index (χ4v) is 3.89. The van der Waals surface area contributed by atoms with Crippen LogP contribution in [-0.2, 0) is 6.54 Å². The minimum absolute atomic E-state index is 0.267. The van der Waals surface area contributed by atoms with E-state index in [1.165, 1.54) is 0 Å². The fraction of sp³-hybridized carbons (Fsp3) is 0.333. The number of nitrogens with zero attached hydrogens (tertiary/aromatic N) is 8. The van der Waals surface area contributed by atoms with Crippen LogP contribution in [0.4, 0.5) is 11.6 Å². The summed E-state index contributed by atoms with van der Waals surface area (Å²) in [7, 11) is 0. The van der Waals surface area contributed by atoms with Gasteiger partial charge in [0.25, 0.3) is 0 Å². The van der Waals surface area contributed by atoms with Crippen LogP contribution < -0.4 is 10.2 Å². The molecule has 0 amide bonds. The number of anilines is 2. The molecule has 0 aliphatic carbocycles. The molecule has 1 atom stereocenters. The maximum atomic E-state index is 4.87. The van der Waals surface area contributed by atoms with Gasteiger partial charge in [0.05, 0.1) is 5.56 Å². The first-order chi connectivity index (χ1) is 14.7. The second kappa shape index (κ2) is 7.66. The molecule has 30 heavy (non-hydrogen) atoms. The molecule has 1 aliphatic rings. The van der Waals surface area contributed by atoms with Gasteiger partial charge in [-0.05, 0) is 32.4 Å². The second-order valence-electron chi connectivity index (χ2n) is 7.36. The van der Waals surface area contributed by atoms with Crippen molar-refractivity contribution in [1.29, 1.82) is 0 Å². The minimum atomic E-state index is 0.267. The van der Waals surface area contributed by atoms with Gasteiger partial charge in [-0.1, -0.05) is 6.07 Å². The molecule has 5 rings (SSSR count). The van der Waals surface area contributed by atoms with E-state index in [0.717, 1.165) is 66.1 Å². The SMILES string of the molecule is CCn1c(-c2cnc(C)nc2)nc2c(N[C@H]3CCN(c4ccccn4)C3)ncnc21. The van der Waals surface area contributed by atoms with Gasteiger partial charge in [0.15, 0.2) is 17.0 Å².